The number of amides is 1. The number of carbonyl (C=O) groups is 2. The van der Waals surface area contributed by atoms with Gasteiger partial charge in [-0.15, -0.1) is 0 Å². The van der Waals surface area contributed by atoms with Gasteiger partial charge < -0.3 is 15.0 Å². The van der Waals surface area contributed by atoms with Gasteiger partial charge in [0, 0.05) is 19.5 Å². The van der Waals surface area contributed by atoms with Crippen LogP contribution >= 0.6 is 12.6 Å². The lowest BCUT2D eigenvalue weighted by Gasteiger charge is -2.13. The van der Waals surface area contributed by atoms with Gasteiger partial charge in [0.05, 0.1) is 21.8 Å². The Kier molecular flexibility index (Phi) is 8.10. The highest BCUT2D eigenvalue weighted by atomic mass is 32.1. The van der Waals surface area contributed by atoms with Crippen LogP contribution in [0.15, 0.2) is 66.7 Å². The number of aromatic nitrogens is 2. The van der Waals surface area contributed by atoms with Gasteiger partial charge in [-0.1, -0.05) is 55.5 Å². The van der Waals surface area contributed by atoms with Gasteiger partial charge in [0.25, 0.3) is 0 Å². The molecule has 2 N–H and O–H groups in total. The van der Waals surface area contributed by atoms with Crippen molar-refractivity contribution in [2.24, 2.45) is 0 Å². The van der Waals surface area contributed by atoms with E-state index in [0.717, 1.165) is 52.0 Å². The normalized spacial score (nSPS) is 12.0. The van der Waals surface area contributed by atoms with E-state index >= 15 is 0 Å². The van der Waals surface area contributed by atoms with Crippen molar-refractivity contribution in [2.45, 2.75) is 51.4 Å². The molecule has 0 spiro atoms. The second-order valence-corrected chi connectivity index (χ2v) is 9.69. The van der Waals surface area contributed by atoms with Crippen LogP contribution < -0.4 is 5.32 Å². The van der Waals surface area contributed by atoms with Crippen LogP contribution in [0.25, 0.3) is 11.0 Å². The van der Waals surface area contributed by atoms with E-state index in [4.69, 9.17) is 4.98 Å². The van der Waals surface area contributed by atoms with Crippen molar-refractivity contribution < 1.29 is 14.7 Å². The molecule has 1 heterocycles. The maximum absolute atomic E-state index is 12.7. The van der Waals surface area contributed by atoms with Crippen molar-refractivity contribution in [1.29, 1.82) is 0 Å². The molecule has 0 unspecified atom stereocenters. The van der Waals surface area contributed by atoms with Crippen LogP contribution in [0.5, 0.6) is 0 Å². The summed E-state index contributed by atoms with van der Waals surface area (Å²) in [5, 5.41) is 11.8. The van der Waals surface area contributed by atoms with Gasteiger partial charge in [-0.2, -0.15) is 12.6 Å². The summed E-state index contributed by atoms with van der Waals surface area (Å²) in [4.78, 5) is 28.8. The second-order valence-electron chi connectivity index (χ2n) is 9.07. The van der Waals surface area contributed by atoms with Gasteiger partial charge in [0.2, 0.25) is 5.91 Å². The molecule has 0 bridgehead atoms. The molecule has 1 atom stereocenters. The Labute approximate surface area is 216 Å². The second kappa shape index (κ2) is 11.4. The highest BCUT2D eigenvalue weighted by Gasteiger charge is 2.17. The number of carboxylic acid groups (broad SMARTS) is 1. The van der Waals surface area contributed by atoms with E-state index < -0.39 is 11.2 Å². The SMILES string of the molecule is CCCc1nc2c(C)cc(CNC(=O)[C@@H](S)Cc3ccccc3)cc2n1Cc1ccc(C(=O)O)cc1. The van der Waals surface area contributed by atoms with Gasteiger partial charge in [0.1, 0.15) is 5.82 Å². The van der Waals surface area contributed by atoms with E-state index in [0.29, 0.717) is 19.5 Å². The van der Waals surface area contributed by atoms with Crippen LogP contribution in [0.2, 0.25) is 0 Å². The van der Waals surface area contributed by atoms with Crippen LogP contribution in [0.3, 0.4) is 0 Å². The first-order valence-electron chi connectivity index (χ1n) is 12.2. The third-order valence-corrected chi connectivity index (χ3v) is 6.66. The molecule has 0 radical (unpaired) electrons. The summed E-state index contributed by atoms with van der Waals surface area (Å²) in [6.07, 6.45) is 2.38. The predicted molar refractivity (Wildman–Crippen MR) is 146 cm³/mol. The quantitative estimate of drug-likeness (QED) is 0.261. The number of imidazole rings is 1. The fraction of sp³-hybridized carbons (Fsp3) is 0.276. The molecule has 7 heteroatoms. The van der Waals surface area contributed by atoms with Gasteiger partial charge >= 0.3 is 5.97 Å². The van der Waals surface area contributed by atoms with Crippen molar-refractivity contribution in [2.75, 3.05) is 0 Å². The van der Waals surface area contributed by atoms with Crippen LogP contribution in [-0.2, 0) is 30.7 Å². The third-order valence-electron chi connectivity index (χ3n) is 6.24. The molecule has 4 aromatic rings. The van der Waals surface area contributed by atoms with E-state index in [-0.39, 0.29) is 11.5 Å². The summed E-state index contributed by atoms with van der Waals surface area (Å²) < 4.78 is 2.20. The van der Waals surface area contributed by atoms with E-state index in [1.165, 1.54) is 0 Å². The molecule has 36 heavy (non-hydrogen) atoms. The monoisotopic (exact) mass is 501 g/mol. The smallest absolute Gasteiger partial charge is 0.335 e. The number of hydrogen-bond donors (Lipinski definition) is 3. The highest BCUT2D eigenvalue weighted by Crippen LogP contribution is 2.24. The number of nitrogens with one attached hydrogen (secondary N) is 1. The average Bonchev–Trinajstić information content (AvgIpc) is 3.21. The molecular formula is C29H31N3O3S. The first-order valence-corrected chi connectivity index (χ1v) is 12.7. The predicted octanol–water partition coefficient (Wildman–Crippen LogP) is 5.20. The largest absolute Gasteiger partial charge is 0.478 e. The lowest BCUT2D eigenvalue weighted by Crippen LogP contribution is -2.32. The molecule has 1 aromatic heterocycles. The minimum absolute atomic E-state index is 0.0985. The summed E-state index contributed by atoms with van der Waals surface area (Å²) >= 11 is 4.52. The molecule has 3 aromatic carbocycles. The summed E-state index contributed by atoms with van der Waals surface area (Å²) in [5.41, 5.74) is 6.37. The van der Waals surface area contributed by atoms with Crippen molar-refractivity contribution in [3.05, 3.63) is 100 Å². The molecular weight excluding hydrogens is 470 g/mol. The van der Waals surface area contributed by atoms with Gasteiger partial charge in [-0.25, -0.2) is 9.78 Å². The molecule has 0 aliphatic rings. The van der Waals surface area contributed by atoms with Gasteiger partial charge in [-0.05, 0) is 60.2 Å². The molecule has 0 aliphatic carbocycles. The molecule has 0 fully saturated rings. The Balaban J connectivity index is 1.55. The number of thiol groups is 1. The molecule has 186 valence electrons. The first kappa shape index (κ1) is 25.5. The van der Waals surface area contributed by atoms with Gasteiger partial charge in [-0.3, -0.25) is 4.79 Å². The number of aryl methyl sites for hydroxylation is 2. The van der Waals surface area contributed by atoms with Crippen molar-refractivity contribution >= 4 is 35.5 Å². The van der Waals surface area contributed by atoms with E-state index in [1.54, 1.807) is 12.1 Å². The molecule has 0 saturated carbocycles. The van der Waals surface area contributed by atoms with Crippen LogP contribution in [0.4, 0.5) is 0 Å². The number of fused-ring (bicyclic) bond motifs is 1. The molecule has 1 amide bonds. The lowest BCUT2D eigenvalue weighted by molar-refractivity contribution is -0.120. The topological polar surface area (TPSA) is 84.2 Å². The molecule has 4 rings (SSSR count). The summed E-state index contributed by atoms with van der Waals surface area (Å²) in [7, 11) is 0. The number of aromatic carboxylic acids is 1. The zero-order valence-corrected chi connectivity index (χ0v) is 21.5. The van der Waals surface area contributed by atoms with E-state index in [1.807, 2.05) is 49.4 Å². The Hall–Kier alpha value is -3.58. The fourth-order valence-electron chi connectivity index (χ4n) is 4.38. The van der Waals surface area contributed by atoms with Crippen LogP contribution in [0.1, 0.15) is 51.8 Å². The summed E-state index contributed by atoms with van der Waals surface area (Å²) in [6.45, 7) is 5.17. The zero-order chi connectivity index (χ0) is 25.7. The number of rotatable bonds is 10. The number of nitrogens with zero attached hydrogens (tertiary/aromatic N) is 2. The Morgan fingerprint density at radius 1 is 1.03 bits per heavy atom. The first-order chi connectivity index (χ1) is 17.4. The minimum atomic E-state index is -0.934. The van der Waals surface area contributed by atoms with Crippen molar-refractivity contribution in [3.8, 4) is 0 Å². The molecule has 6 nitrogen and oxygen atoms in total. The number of carboxylic acids is 1. The number of benzene rings is 3. The van der Waals surface area contributed by atoms with E-state index in [9.17, 15) is 14.7 Å². The van der Waals surface area contributed by atoms with Crippen molar-refractivity contribution in [3.63, 3.8) is 0 Å². The third kappa shape index (κ3) is 5.97. The average molecular weight is 502 g/mol. The lowest BCUT2D eigenvalue weighted by atomic mass is 10.1. The summed E-state index contributed by atoms with van der Waals surface area (Å²) in [6, 6.07) is 21.0. The van der Waals surface area contributed by atoms with Crippen LogP contribution in [0, 0.1) is 6.92 Å². The standard InChI is InChI=1S/C29H31N3O3S/c1-3-7-26-31-27-19(2)14-22(17-30-28(33)25(36)16-20-8-5-4-6-9-20)15-24(27)32(26)18-21-10-12-23(13-11-21)29(34)35/h4-6,8-15,25,36H,3,7,16-18H2,1-2H3,(H,30,33)(H,34,35)/t25-/m0/s1. The Morgan fingerprint density at radius 3 is 2.42 bits per heavy atom. The molecule has 0 saturated heterocycles. The maximum atomic E-state index is 12.7. The number of hydrogen-bond acceptors (Lipinski definition) is 4. The zero-order valence-electron chi connectivity index (χ0n) is 20.6. The highest BCUT2D eigenvalue weighted by molar-refractivity contribution is 7.81. The Morgan fingerprint density at radius 2 is 1.75 bits per heavy atom. The summed E-state index contributed by atoms with van der Waals surface area (Å²) in [5.74, 6) is -0.0353. The Bertz CT molecular complexity index is 1360. The van der Waals surface area contributed by atoms with E-state index in [2.05, 4.69) is 41.6 Å². The minimum Gasteiger partial charge on any atom is -0.478 e. The fourth-order valence-corrected chi connectivity index (χ4v) is 4.68. The number of carbonyl (C=O) groups excluding carboxylic acids is 1. The maximum Gasteiger partial charge on any atom is 0.335 e. The van der Waals surface area contributed by atoms with Crippen molar-refractivity contribution in [1.82, 2.24) is 14.9 Å². The van der Waals surface area contributed by atoms with Gasteiger partial charge in [0.15, 0.2) is 0 Å². The van der Waals surface area contributed by atoms with Crippen LogP contribution in [-0.4, -0.2) is 31.8 Å². The molecule has 0 aliphatic heterocycles.